The number of imidazole rings is 1. The zero-order valence-electron chi connectivity index (χ0n) is 12.5. The molecule has 0 aliphatic heterocycles. The lowest BCUT2D eigenvalue weighted by molar-refractivity contribution is 0.252. The summed E-state index contributed by atoms with van der Waals surface area (Å²) in [6.07, 6.45) is 7.26. The lowest BCUT2D eigenvalue weighted by Crippen LogP contribution is -2.28. The molecule has 0 radical (unpaired) electrons. The summed E-state index contributed by atoms with van der Waals surface area (Å²) in [7, 11) is 0. The predicted octanol–water partition coefficient (Wildman–Crippen LogP) is 2.85. The van der Waals surface area contributed by atoms with Crippen LogP contribution in [-0.4, -0.2) is 26.9 Å². The van der Waals surface area contributed by atoms with Crippen LogP contribution in [-0.2, 0) is 0 Å². The largest absolute Gasteiger partial charge is 0.338 e. The summed E-state index contributed by atoms with van der Waals surface area (Å²) in [5.41, 5.74) is 4.14. The van der Waals surface area contributed by atoms with E-state index in [1.54, 1.807) is 12.4 Å². The number of nitrogens with one attached hydrogen (secondary N) is 2. The Hall–Kier alpha value is -2.89. The quantitative estimate of drug-likeness (QED) is 0.780. The number of amides is 2. The Morgan fingerprint density at radius 2 is 2.09 bits per heavy atom. The van der Waals surface area contributed by atoms with E-state index >= 15 is 0 Å². The molecule has 3 aromatic rings. The molecule has 0 saturated carbocycles. The number of nitrogens with zero attached hydrogens (tertiary/aromatic N) is 3. The van der Waals surface area contributed by atoms with Gasteiger partial charge in [0.15, 0.2) is 5.65 Å². The summed E-state index contributed by atoms with van der Waals surface area (Å²) in [5.74, 6) is 0. The number of aromatic nitrogens is 3. The van der Waals surface area contributed by atoms with Gasteiger partial charge in [0, 0.05) is 48.2 Å². The number of rotatable bonds is 3. The fraction of sp³-hybridized carbons (Fsp3) is 0.188. The first kappa shape index (κ1) is 14.1. The molecule has 22 heavy (non-hydrogen) atoms. The predicted molar refractivity (Wildman–Crippen MR) is 85.9 cm³/mol. The molecule has 0 atom stereocenters. The topological polar surface area (TPSA) is 71.3 Å². The van der Waals surface area contributed by atoms with Gasteiger partial charge in [-0.25, -0.2) is 9.78 Å². The number of aryl methyl sites for hydroxylation is 1. The number of hydrogen-bond acceptors (Lipinski definition) is 3. The maximum atomic E-state index is 11.9. The lowest BCUT2D eigenvalue weighted by Gasteiger charge is -2.13. The van der Waals surface area contributed by atoms with Crippen LogP contribution in [0.15, 0.2) is 43.0 Å². The zero-order valence-corrected chi connectivity index (χ0v) is 12.5. The van der Waals surface area contributed by atoms with Gasteiger partial charge in [0.25, 0.3) is 0 Å². The third-order valence-corrected chi connectivity index (χ3v) is 3.36. The monoisotopic (exact) mass is 295 g/mol. The van der Waals surface area contributed by atoms with Crippen LogP contribution in [0.4, 0.5) is 10.5 Å². The molecule has 2 N–H and O–H groups in total. The standard InChI is InChI=1S/C16H17N5O/c1-3-17-16(22)20-14-13(12-5-4-11(2)19-10-12)6-8-21-9-7-18-15(14)21/h4-10H,3H2,1-2H3,(H2,17,20,22). The second kappa shape index (κ2) is 5.85. The van der Waals surface area contributed by atoms with Crippen LogP contribution in [0, 0.1) is 6.92 Å². The first-order valence-electron chi connectivity index (χ1n) is 7.12. The summed E-state index contributed by atoms with van der Waals surface area (Å²) < 4.78 is 1.87. The van der Waals surface area contributed by atoms with Crippen molar-refractivity contribution in [3.8, 4) is 11.1 Å². The van der Waals surface area contributed by atoms with Gasteiger partial charge in [0.05, 0.1) is 5.69 Å². The number of fused-ring (bicyclic) bond motifs is 1. The number of anilines is 1. The highest BCUT2D eigenvalue weighted by Crippen LogP contribution is 2.30. The van der Waals surface area contributed by atoms with E-state index in [4.69, 9.17) is 0 Å². The van der Waals surface area contributed by atoms with Crippen molar-refractivity contribution < 1.29 is 4.79 Å². The Labute approximate surface area is 128 Å². The first-order chi connectivity index (χ1) is 10.7. The Balaban J connectivity index is 2.12. The fourth-order valence-corrected chi connectivity index (χ4v) is 2.29. The van der Waals surface area contributed by atoms with Gasteiger partial charge in [-0.05, 0) is 26.0 Å². The molecule has 0 saturated heterocycles. The Bertz CT molecular complexity index is 807. The van der Waals surface area contributed by atoms with Gasteiger partial charge >= 0.3 is 6.03 Å². The number of hydrogen-bond donors (Lipinski definition) is 2. The van der Waals surface area contributed by atoms with Crippen LogP contribution in [0.3, 0.4) is 0 Å². The van der Waals surface area contributed by atoms with E-state index in [0.29, 0.717) is 17.9 Å². The Morgan fingerprint density at radius 3 is 2.82 bits per heavy atom. The normalized spacial score (nSPS) is 10.6. The molecule has 0 unspecified atom stereocenters. The van der Waals surface area contributed by atoms with Gasteiger partial charge in [-0.15, -0.1) is 0 Å². The molecule has 3 rings (SSSR count). The van der Waals surface area contributed by atoms with E-state index in [1.165, 1.54) is 0 Å². The number of urea groups is 1. The molecule has 6 heteroatoms. The second-order valence-corrected chi connectivity index (χ2v) is 4.94. The minimum absolute atomic E-state index is 0.250. The van der Waals surface area contributed by atoms with Crippen LogP contribution in [0.1, 0.15) is 12.6 Å². The van der Waals surface area contributed by atoms with Crippen LogP contribution in [0.25, 0.3) is 16.8 Å². The number of carbonyl (C=O) groups is 1. The fourth-order valence-electron chi connectivity index (χ4n) is 2.29. The van der Waals surface area contributed by atoms with Crippen molar-refractivity contribution in [3.05, 3.63) is 48.7 Å². The lowest BCUT2D eigenvalue weighted by atomic mass is 10.1. The summed E-state index contributed by atoms with van der Waals surface area (Å²) in [6.45, 7) is 4.38. The Kier molecular flexibility index (Phi) is 3.74. The van der Waals surface area contributed by atoms with Crippen molar-refractivity contribution >= 4 is 17.4 Å². The maximum Gasteiger partial charge on any atom is 0.319 e. The maximum absolute atomic E-state index is 11.9. The van der Waals surface area contributed by atoms with Gasteiger partial charge < -0.3 is 15.0 Å². The molecule has 3 aromatic heterocycles. The van der Waals surface area contributed by atoms with E-state index in [2.05, 4.69) is 20.6 Å². The van der Waals surface area contributed by atoms with Gasteiger partial charge in [0.2, 0.25) is 0 Å². The summed E-state index contributed by atoms with van der Waals surface area (Å²) in [5, 5.41) is 5.63. The zero-order chi connectivity index (χ0) is 15.5. The van der Waals surface area contributed by atoms with Gasteiger partial charge in [-0.1, -0.05) is 6.07 Å². The molecule has 0 spiro atoms. The average molecular weight is 295 g/mol. The molecule has 0 aromatic carbocycles. The third-order valence-electron chi connectivity index (χ3n) is 3.36. The van der Waals surface area contributed by atoms with Crippen LogP contribution in [0.2, 0.25) is 0 Å². The SMILES string of the molecule is CCNC(=O)Nc1c(-c2ccc(C)nc2)ccn2ccnc12. The molecule has 0 aliphatic carbocycles. The molecule has 0 bridgehead atoms. The first-order valence-corrected chi connectivity index (χ1v) is 7.12. The van der Waals surface area contributed by atoms with Crippen molar-refractivity contribution in [3.63, 3.8) is 0 Å². The molecule has 0 fully saturated rings. The molecule has 3 heterocycles. The highest BCUT2D eigenvalue weighted by atomic mass is 16.2. The van der Waals surface area contributed by atoms with E-state index in [-0.39, 0.29) is 6.03 Å². The molecule has 2 amide bonds. The summed E-state index contributed by atoms with van der Waals surface area (Å²) in [6, 6.07) is 5.63. The van der Waals surface area contributed by atoms with Gasteiger partial charge in [-0.2, -0.15) is 0 Å². The number of pyridine rings is 2. The van der Waals surface area contributed by atoms with Gasteiger partial charge in [0.1, 0.15) is 0 Å². The van der Waals surface area contributed by atoms with Crippen molar-refractivity contribution in [2.75, 3.05) is 11.9 Å². The van der Waals surface area contributed by atoms with E-state index in [1.807, 2.05) is 48.8 Å². The van der Waals surface area contributed by atoms with E-state index < -0.39 is 0 Å². The van der Waals surface area contributed by atoms with E-state index in [0.717, 1.165) is 16.8 Å². The summed E-state index contributed by atoms with van der Waals surface area (Å²) in [4.78, 5) is 20.6. The minimum Gasteiger partial charge on any atom is -0.338 e. The van der Waals surface area contributed by atoms with Crippen molar-refractivity contribution in [1.82, 2.24) is 19.7 Å². The van der Waals surface area contributed by atoms with E-state index in [9.17, 15) is 4.79 Å². The minimum atomic E-state index is -0.250. The smallest absolute Gasteiger partial charge is 0.319 e. The van der Waals surface area contributed by atoms with Crippen LogP contribution in [0.5, 0.6) is 0 Å². The van der Waals surface area contributed by atoms with Crippen molar-refractivity contribution in [2.24, 2.45) is 0 Å². The molecular weight excluding hydrogens is 278 g/mol. The van der Waals surface area contributed by atoms with Crippen LogP contribution < -0.4 is 10.6 Å². The highest BCUT2D eigenvalue weighted by molar-refractivity contribution is 5.99. The van der Waals surface area contributed by atoms with Gasteiger partial charge in [-0.3, -0.25) is 4.98 Å². The molecular formula is C16H17N5O. The molecule has 0 aliphatic rings. The second-order valence-electron chi connectivity index (χ2n) is 4.94. The van der Waals surface area contributed by atoms with Crippen molar-refractivity contribution in [1.29, 1.82) is 0 Å². The molecule has 6 nitrogen and oxygen atoms in total. The Morgan fingerprint density at radius 1 is 1.23 bits per heavy atom. The third kappa shape index (κ3) is 2.63. The van der Waals surface area contributed by atoms with Crippen molar-refractivity contribution in [2.45, 2.75) is 13.8 Å². The van der Waals surface area contributed by atoms with Crippen LogP contribution >= 0.6 is 0 Å². The summed E-state index contributed by atoms with van der Waals surface area (Å²) >= 11 is 0. The number of carbonyl (C=O) groups excluding carboxylic acids is 1. The highest BCUT2D eigenvalue weighted by Gasteiger charge is 2.13. The average Bonchev–Trinajstić information content (AvgIpc) is 2.98. The molecule has 112 valence electrons.